The molecule has 0 unspecified atom stereocenters. The van der Waals surface area contributed by atoms with E-state index in [0.717, 1.165) is 20.0 Å². The van der Waals surface area contributed by atoms with E-state index in [2.05, 4.69) is 25.4 Å². The summed E-state index contributed by atoms with van der Waals surface area (Å²) in [5.74, 6) is -0.703. The van der Waals surface area contributed by atoms with Gasteiger partial charge in [-0.25, -0.2) is 9.97 Å². The maximum atomic E-state index is 13.2. The number of nitrogens with one attached hydrogen (secondary N) is 2. The fourth-order valence-electron chi connectivity index (χ4n) is 2.24. The van der Waals surface area contributed by atoms with Gasteiger partial charge in [-0.3, -0.25) is 10.1 Å². The van der Waals surface area contributed by atoms with Crippen molar-refractivity contribution in [3.63, 3.8) is 0 Å². The third kappa shape index (κ3) is 3.51. The zero-order chi connectivity index (χ0) is 20.0. The van der Waals surface area contributed by atoms with Crippen molar-refractivity contribution >= 4 is 16.7 Å². The lowest BCUT2D eigenvalue weighted by Crippen LogP contribution is -2.46. The highest BCUT2D eigenvalue weighted by molar-refractivity contribution is 5.90. The highest BCUT2D eigenvalue weighted by Crippen LogP contribution is 2.37. The fraction of sp³-hybridized carbons (Fsp3) is 0.333. The molecule has 144 valence electrons. The molecule has 3 aromatic rings. The molecule has 0 atom stereocenters. The number of anilines is 1. The van der Waals surface area contributed by atoms with Crippen molar-refractivity contribution in [1.29, 1.82) is 0 Å². The molecule has 0 bridgehead atoms. The third-order valence-corrected chi connectivity index (χ3v) is 3.80. The number of rotatable bonds is 3. The normalized spacial score (nSPS) is 13.2. The van der Waals surface area contributed by atoms with Gasteiger partial charge in [0.1, 0.15) is 11.4 Å². The van der Waals surface area contributed by atoms with Crippen LogP contribution in [0.5, 0.6) is 0 Å². The first-order valence-corrected chi connectivity index (χ1v) is 7.48. The van der Waals surface area contributed by atoms with Crippen LogP contribution in [0.25, 0.3) is 22.3 Å². The summed E-state index contributed by atoms with van der Waals surface area (Å²) >= 11 is 0. The minimum absolute atomic E-state index is 0.0808. The number of alkyl halides is 6. The Kier molecular flexibility index (Phi) is 4.23. The van der Waals surface area contributed by atoms with Crippen LogP contribution in [0.3, 0.4) is 0 Å². The third-order valence-electron chi connectivity index (χ3n) is 3.80. The van der Waals surface area contributed by atoms with Crippen LogP contribution in [0, 0.1) is 0 Å². The van der Waals surface area contributed by atoms with Crippen molar-refractivity contribution < 1.29 is 26.3 Å². The molecule has 0 aliphatic rings. The minimum Gasteiger partial charge on any atom is -0.356 e. The van der Waals surface area contributed by atoms with Crippen molar-refractivity contribution in [3.8, 4) is 11.4 Å². The van der Waals surface area contributed by atoms with E-state index in [1.165, 1.54) is 18.5 Å². The van der Waals surface area contributed by atoms with Crippen molar-refractivity contribution in [2.45, 2.75) is 31.7 Å². The largest absolute Gasteiger partial charge is 0.433 e. The summed E-state index contributed by atoms with van der Waals surface area (Å²) in [7, 11) is 0. The second-order valence-electron chi connectivity index (χ2n) is 6.19. The summed E-state index contributed by atoms with van der Waals surface area (Å²) in [5.41, 5.74) is -4.00. The Hall–Kier alpha value is -2.92. The summed E-state index contributed by atoms with van der Waals surface area (Å²) in [6, 6.07) is 1.37. The Morgan fingerprint density at radius 2 is 1.70 bits per heavy atom. The van der Waals surface area contributed by atoms with Crippen LogP contribution in [0.15, 0.2) is 24.7 Å². The fourth-order valence-corrected chi connectivity index (χ4v) is 2.24. The van der Waals surface area contributed by atoms with Crippen molar-refractivity contribution in [2.24, 2.45) is 0 Å². The average Bonchev–Trinajstić information content (AvgIpc) is 3.03. The smallest absolute Gasteiger partial charge is 0.356 e. The molecule has 12 heteroatoms. The number of aromatic amines is 1. The zero-order valence-corrected chi connectivity index (χ0v) is 13.9. The number of halogens is 6. The molecule has 3 aromatic heterocycles. The van der Waals surface area contributed by atoms with Crippen LogP contribution in [0.1, 0.15) is 19.5 Å². The van der Waals surface area contributed by atoms with Gasteiger partial charge in [0.15, 0.2) is 11.5 Å². The lowest BCUT2D eigenvalue weighted by atomic mass is 10.0. The molecular weight excluding hydrogens is 378 g/mol. The number of hydrogen-bond donors (Lipinski definition) is 2. The summed E-state index contributed by atoms with van der Waals surface area (Å²) < 4.78 is 79.0. The summed E-state index contributed by atoms with van der Waals surface area (Å²) in [6.45, 7) is 1.78. The topological polar surface area (TPSA) is 79.4 Å². The average molecular weight is 390 g/mol. The van der Waals surface area contributed by atoms with Gasteiger partial charge in [-0.2, -0.15) is 31.4 Å². The van der Waals surface area contributed by atoms with Crippen molar-refractivity contribution in [1.82, 2.24) is 25.1 Å². The summed E-state index contributed by atoms with van der Waals surface area (Å²) in [6.07, 6.45) is -6.00. The number of H-pyrrole nitrogens is 1. The van der Waals surface area contributed by atoms with E-state index in [0.29, 0.717) is 0 Å². The van der Waals surface area contributed by atoms with E-state index in [4.69, 9.17) is 0 Å². The number of nitrogens with zero attached hydrogens (tertiary/aromatic N) is 4. The van der Waals surface area contributed by atoms with Gasteiger partial charge < -0.3 is 5.32 Å². The highest BCUT2D eigenvalue weighted by Gasteiger charge is 2.48. The second kappa shape index (κ2) is 6.06. The van der Waals surface area contributed by atoms with Gasteiger partial charge in [0, 0.05) is 11.6 Å². The minimum atomic E-state index is -4.77. The van der Waals surface area contributed by atoms with Gasteiger partial charge in [0.2, 0.25) is 0 Å². The van der Waals surface area contributed by atoms with E-state index in [9.17, 15) is 26.3 Å². The number of fused-ring (bicyclic) bond motifs is 1. The van der Waals surface area contributed by atoms with Crippen LogP contribution < -0.4 is 5.32 Å². The molecule has 0 spiro atoms. The first-order valence-electron chi connectivity index (χ1n) is 7.48. The first kappa shape index (κ1) is 18.9. The van der Waals surface area contributed by atoms with Crippen LogP contribution >= 0.6 is 0 Å². The molecule has 0 fully saturated rings. The van der Waals surface area contributed by atoms with Gasteiger partial charge in [0.05, 0.1) is 23.5 Å². The Labute approximate surface area is 148 Å². The van der Waals surface area contributed by atoms with E-state index in [1.807, 2.05) is 5.10 Å². The Balaban J connectivity index is 2.20. The lowest BCUT2D eigenvalue weighted by molar-refractivity contribution is -0.168. The molecule has 0 aliphatic heterocycles. The quantitative estimate of drug-likeness (QED) is 0.656. The predicted octanol–water partition coefficient (Wildman–Crippen LogP) is 4.19. The van der Waals surface area contributed by atoms with Gasteiger partial charge in [-0.1, -0.05) is 0 Å². The molecule has 0 amide bonds. The summed E-state index contributed by atoms with van der Waals surface area (Å²) in [5, 5.41) is 7.59. The Morgan fingerprint density at radius 3 is 2.33 bits per heavy atom. The van der Waals surface area contributed by atoms with Crippen LogP contribution in [-0.2, 0) is 6.18 Å². The maximum absolute atomic E-state index is 13.2. The molecule has 3 heterocycles. The van der Waals surface area contributed by atoms with Gasteiger partial charge in [-0.15, -0.1) is 0 Å². The molecule has 27 heavy (non-hydrogen) atoms. The molecule has 0 saturated carbocycles. The molecular formula is C15H12F6N6. The molecule has 0 radical (unpaired) electrons. The molecule has 3 rings (SSSR count). The van der Waals surface area contributed by atoms with Gasteiger partial charge >= 0.3 is 12.4 Å². The van der Waals surface area contributed by atoms with Crippen molar-refractivity contribution in [2.75, 3.05) is 5.32 Å². The number of aromatic nitrogens is 5. The van der Waals surface area contributed by atoms with Crippen LogP contribution in [0.2, 0.25) is 0 Å². The second-order valence-corrected chi connectivity index (χ2v) is 6.19. The summed E-state index contributed by atoms with van der Waals surface area (Å²) in [4.78, 5) is 11.7. The first-order chi connectivity index (χ1) is 12.4. The Morgan fingerprint density at radius 1 is 1.00 bits per heavy atom. The predicted molar refractivity (Wildman–Crippen MR) is 83.7 cm³/mol. The molecule has 2 N–H and O–H groups in total. The SMILES string of the molecule is CC(C)(Nc1nc(-c2cn[nH]c2C(F)(F)F)nc2cnccc12)C(F)(F)F. The standard InChI is InChI=1S/C15H12F6N6/c1-13(2,15(19,20)21)26-12-7-3-4-22-6-9(7)24-11(25-12)8-5-23-27-10(8)14(16,17)18/h3-6H,1-2H3,(H,23,27)(H,24,25,26). The van der Waals surface area contributed by atoms with E-state index in [1.54, 1.807) is 0 Å². The van der Waals surface area contributed by atoms with Gasteiger partial charge in [-0.05, 0) is 19.9 Å². The van der Waals surface area contributed by atoms with Crippen LogP contribution in [0.4, 0.5) is 32.2 Å². The number of pyridine rings is 1. The Bertz CT molecular complexity index is 975. The number of hydrogen-bond acceptors (Lipinski definition) is 5. The van der Waals surface area contributed by atoms with E-state index in [-0.39, 0.29) is 16.7 Å². The molecule has 0 aliphatic carbocycles. The van der Waals surface area contributed by atoms with Crippen LogP contribution in [-0.4, -0.2) is 36.9 Å². The zero-order valence-electron chi connectivity index (χ0n) is 13.9. The van der Waals surface area contributed by atoms with E-state index >= 15 is 0 Å². The molecule has 6 nitrogen and oxygen atoms in total. The maximum Gasteiger partial charge on any atom is 0.433 e. The van der Waals surface area contributed by atoms with Gasteiger partial charge in [0.25, 0.3) is 0 Å². The van der Waals surface area contributed by atoms with Crippen molar-refractivity contribution in [3.05, 3.63) is 30.4 Å². The molecule has 0 aromatic carbocycles. The highest BCUT2D eigenvalue weighted by atomic mass is 19.4. The lowest BCUT2D eigenvalue weighted by Gasteiger charge is -2.30. The monoisotopic (exact) mass is 390 g/mol. The van der Waals surface area contributed by atoms with E-state index < -0.39 is 35.0 Å². The molecule has 0 saturated heterocycles.